The first-order valence-electron chi connectivity index (χ1n) is 8.79. The SMILES string of the molecule is CCc1ccc(O)c(C(=O)N[C@@H](Cc2c[nH]c3ccccc23)C(=O)OC)c1. The van der Waals surface area contributed by atoms with E-state index in [1.807, 2.05) is 37.4 Å². The molecule has 6 heteroatoms. The van der Waals surface area contributed by atoms with E-state index in [0.29, 0.717) is 0 Å². The molecule has 0 radical (unpaired) electrons. The third-order valence-corrected chi connectivity index (χ3v) is 4.60. The summed E-state index contributed by atoms with van der Waals surface area (Å²) in [6.45, 7) is 1.96. The van der Waals surface area contributed by atoms with Crippen molar-refractivity contribution in [2.45, 2.75) is 25.8 Å². The van der Waals surface area contributed by atoms with E-state index in [4.69, 9.17) is 4.74 Å². The molecule has 0 aliphatic carbocycles. The van der Waals surface area contributed by atoms with Crippen molar-refractivity contribution in [3.63, 3.8) is 0 Å². The number of hydrogen-bond donors (Lipinski definition) is 3. The van der Waals surface area contributed by atoms with Crippen molar-refractivity contribution in [3.05, 3.63) is 65.4 Å². The largest absolute Gasteiger partial charge is 0.507 e. The van der Waals surface area contributed by atoms with Gasteiger partial charge in [0.1, 0.15) is 11.8 Å². The summed E-state index contributed by atoms with van der Waals surface area (Å²) in [6.07, 6.45) is 2.83. The number of methoxy groups -OCH3 is 1. The molecular weight excluding hydrogens is 344 g/mol. The van der Waals surface area contributed by atoms with Crippen LogP contribution in [0.3, 0.4) is 0 Å². The van der Waals surface area contributed by atoms with Gasteiger partial charge >= 0.3 is 5.97 Å². The van der Waals surface area contributed by atoms with Gasteiger partial charge in [-0.15, -0.1) is 0 Å². The number of aromatic nitrogens is 1. The van der Waals surface area contributed by atoms with Gasteiger partial charge in [-0.1, -0.05) is 31.2 Å². The van der Waals surface area contributed by atoms with Crippen molar-refractivity contribution in [2.75, 3.05) is 7.11 Å². The first-order valence-corrected chi connectivity index (χ1v) is 8.79. The van der Waals surface area contributed by atoms with Crippen molar-refractivity contribution in [3.8, 4) is 5.75 Å². The van der Waals surface area contributed by atoms with E-state index in [0.717, 1.165) is 28.5 Å². The summed E-state index contributed by atoms with van der Waals surface area (Å²) in [5, 5.41) is 13.7. The smallest absolute Gasteiger partial charge is 0.328 e. The average Bonchev–Trinajstić information content (AvgIpc) is 3.10. The Balaban J connectivity index is 1.85. The lowest BCUT2D eigenvalue weighted by atomic mass is 10.0. The lowest BCUT2D eigenvalue weighted by Crippen LogP contribution is -2.43. The Labute approximate surface area is 157 Å². The molecule has 1 amide bonds. The zero-order valence-corrected chi connectivity index (χ0v) is 15.3. The van der Waals surface area contributed by atoms with Crippen LogP contribution in [0.25, 0.3) is 10.9 Å². The number of amides is 1. The van der Waals surface area contributed by atoms with Gasteiger partial charge in [0, 0.05) is 23.5 Å². The quantitative estimate of drug-likeness (QED) is 0.585. The Morgan fingerprint density at radius 1 is 1.22 bits per heavy atom. The molecule has 2 aromatic carbocycles. The molecule has 0 fully saturated rings. The minimum Gasteiger partial charge on any atom is -0.507 e. The molecule has 1 atom stereocenters. The molecule has 0 saturated heterocycles. The molecule has 0 saturated carbocycles. The van der Waals surface area contributed by atoms with Gasteiger partial charge in [0.25, 0.3) is 5.91 Å². The monoisotopic (exact) mass is 366 g/mol. The van der Waals surface area contributed by atoms with Gasteiger partial charge in [0.15, 0.2) is 0 Å². The van der Waals surface area contributed by atoms with Gasteiger partial charge < -0.3 is 20.1 Å². The third-order valence-electron chi connectivity index (χ3n) is 4.60. The lowest BCUT2D eigenvalue weighted by molar-refractivity contribution is -0.142. The highest BCUT2D eigenvalue weighted by Gasteiger charge is 2.25. The topological polar surface area (TPSA) is 91.4 Å². The molecule has 0 unspecified atom stereocenters. The van der Waals surface area contributed by atoms with Crippen LogP contribution in [0.1, 0.15) is 28.4 Å². The number of esters is 1. The molecule has 3 aromatic rings. The lowest BCUT2D eigenvalue weighted by Gasteiger charge is -2.17. The molecule has 0 aliphatic rings. The highest BCUT2D eigenvalue weighted by molar-refractivity contribution is 5.99. The second-order valence-electron chi connectivity index (χ2n) is 6.32. The van der Waals surface area contributed by atoms with Gasteiger partial charge in [0.05, 0.1) is 12.7 Å². The molecule has 27 heavy (non-hydrogen) atoms. The predicted octanol–water partition coefficient (Wildman–Crippen LogP) is 2.95. The van der Waals surface area contributed by atoms with Crippen molar-refractivity contribution in [2.24, 2.45) is 0 Å². The van der Waals surface area contributed by atoms with E-state index in [-0.39, 0.29) is 17.7 Å². The number of phenolic OH excluding ortho intramolecular Hbond substituents is 1. The average molecular weight is 366 g/mol. The molecule has 0 spiro atoms. The Morgan fingerprint density at radius 3 is 2.74 bits per heavy atom. The van der Waals surface area contributed by atoms with Crippen LogP contribution in [0.2, 0.25) is 0 Å². The van der Waals surface area contributed by atoms with Gasteiger partial charge in [-0.05, 0) is 35.7 Å². The number of carbonyl (C=O) groups excluding carboxylic acids is 2. The Kier molecular flexibility index (Phi) is 5.45. The third kappa shape index (κ3) is 3.95. The number of para-hydroxylation sites is 1. The number of aryl methyl sites for hydroxylation is 1. The van der Waals surface area contributed by atoms with Gasteiger partial charge in [-0.2, -0.15) is 0 Å². The maximum Gasteiger partial charge on any atom is 0.328 e. The molecular formula is C21H22N2O4. The highest BCUT2D eigenvalue weighted by Crippen LogP contribution is 2.21. The standard InChI is InChI=1S/C21H22N2O4/c1-3-13-8-9-19(24)16(10-13)20(25)23-18(21(26)27-2)11-14-12-22-17-7-5-4-6-15(14)17/h4-10,12,18,22,24H,3,11H2,1-2H3,(H,23,25)/t18-/m0/s1. The maximum atomic E-state index is 12.7. The van der Waals surface area contributed by atoms with Crippen molar-refractivity contribution >= 4 is 22.8 Å². The maximum absolute atomic E-state index is 12.7. The van der Waals surface area contributed by atoms with Crippen molar-refractivity contribution < 1.29 is 19.4 Å². The summed E-state index contributed by atoms with van der Waals surface area (Å²) in [6, 6.07) is 11.7. The second-order valence-corrected chi connectivity index (χ2v) is 6.32. The fourth-order valence-corrected chi connectivity index (χ4v) is 3.08. The van der Waals surface area contributed by atoms with Crippen LogP contribution in [0.5, 0.6) is 5.75 Å². The summed E-state index contributed by atoms with van der Waals surface area (Å²) in [4.78, 5) is 28.1. The summed E-state index contributed by atoms with van der Waals surface area (Å²) in [5.74, 6) is -1.18. The minimum atomic E-state index is -0.869. The summed E-state index contributed by atoms with van der Waals surface area (Å²) in [7, 11) is 1.28. The second kappa shape index (κ2) is 7.95. The number of aromatic hydroxyl groups is 1. The number of carbonyl (C=O) groups is 2. The zero-order chi connectivity index (χ0) is 19.4. The van der Waals surface area contributed by atoms with Crippen LogP contribution < -0.4 is 5.32 Å². The summed E-state index contributed by atoms with van der Waals surface area (Å²) < 4.78 is 4.86. The zero-order valence-electron chi connectivity index (χ0n) is 15.3. The number of benzene rings is 2. The van der Waals surface area contributed by atoms with Crippen LogP contribution >= 0.6 is 0 Å². The highest BCUT2D eigenvalue weighted by atomic mass is 16.5. The Bertz CT molecular complexity index is 977. The van der Waals surface area contributed by atoms with Crippen LogP contribution in [-0.2, 0) is 22.4 Å². The molecule has 140 valence electrons. The van der Waals surface area contributed by atoms with Crippen molar-refractivity contribution in [1.29, 1.82) is 0 Å². The number of nitrogens with one attached hydrogen (secondary N) is 2. The van der Waals surface area contributed by atoms with Crippen LogP contribution in [0.4, 0.5) is 0 Å². The predicted molar refractivity (Wildman–Crippen MR) is 103 cm³/mol. The number of phenols is 1. The fourth-order valence-electron chi connectivity index (χ4n) is 3.08. The molecule has 1 aromatic heterocycles. The first kappa shape index (κ1) is 18.5. The number of fused-ring (bicyclic) bond motifs is 1. The molecule has 3 rings (SSSR count). The molecule has 0 aliphatic heterocycles. The normalized spacial score (nSPS) is 11.9. The van der Waals surface area contributed by atoms with Crippen LogP contribution in [-0.4, -0.2) is 35.1 Å². The van der Waals surface area contributed by atoms with E-state index in [9.17, 15) is 14.7 Å². The fraction of sp³-hybridized carbons (Fsp3) is 0.238. The summed E-state index contributed by atoms with van der Waals surface area (Å²) >= 11 is 0. The van der Waals surface area contributed by atoms with Crippen LogP contribution in [0, 0.1) is 0 Å². The Morgan fingerprint density at radius 2 is 2.00 bits per heavy atom. The first-order chi connectivity index (χ1) is 13.0. The number of ether oxygens (including phenoxy) is 1. The number of H-pyrrole nitrogens is 1. The van der Waals surface area contributed by atoms with Crippen LogP contribution in [0.15, 0.2) is 48.7 Å². The minimum absolute atomic E-state index is 0.125. The van der Waals surface area contributed by atoms with Crippen molar-refractivity contribution in [1.82, 2.24) is 10.3 Å². The molecule has 6 nitrogen and oxygen atoms in total. The van der Waals surface area contributed by atoms with E-state index in [2.05, 4.69) is 10.3 Å². The van der Waals surface area contributed by atoms with E-state index in [1.54, 1.807) is 12.1 Å². The molecule has 0 bridgehead atoms. The number of aromatic amines is 1. The number of rotatable bonds is 6. The van der Waals surface area contributed by atoms with Gasteiger partial charge in [0.2, 0.25) is 0 Å². The van der Waals surface area contributed by atoms with Gasteiger partial charge in [-0.3, -0.25) is 4.79 Å². The van der Waals surface area contributed by atoms with E-state index >= 15 is 0 Å². The van der Waals surface area contributed by atoms with E-state index < -0.39 is 17.9 Å². The van der Waals surface area contributed by atoms with E-state index in [1.165, 1.54) is 13.2 Å². The van der Waals surface area contributed by atoms with Gasteiger partial charge in [-0.25, -0.2) is 4.79 Å². The molecule has 1 heterocycles. The Hall–Kier alpha value is -3.28. The number of hydrogen-bond acceptors (Lipinski definition) is 4. The molecule has 3 N–H and O–H groups in total. The summed E-state index contributed by atoms with van der Waals surface area (Å²) in [5.41, 5.74) is 2.91.